The Morgan fingerprint density at radius 3 is 1.50 bits per heavy atom. The van der Waals surface area contributed by atoms with E-state index in [1.165, 1.54) is 76.8 Å². The van der Waals surface area contributed by atoms with E-state index in [-0.39, 0.29) is 0 Å². The second-order valence-corrected chi connectivity index (χ2v) is 11.8. The second-order valence-electron chi connectivity index (χ2n) is 11.8. The van der Waals surface area contributed by atoms with Crippen molar-refractivity contribution in [3.05, 3.63) is 182 Å². The van der Waals surface area contributed by atoms with Crippen molar-refractivity contribution >= 4 is 44.5 Å². The van der Waals surface area contributed by atoms with E-state index in [2.05, 4.69) is 171 Å². The molecule has 216 valence electrons. The van der Waals surface area contributed by atoms with E-state index in [4.69, 9.17) is 0 Å². The van der Waals surface area contributed by atoms with Crippen molar-refractivity contribution in [1.82, 2.24) is 0 Å². The van der Waals surface area contributed by atoms with Gasteiger partial charge in [-0.1, -0.05) is 165 Å². The summed E-state index contributed by atoms with van der Waals surface area (Å²) in [6.07, 6.45) is 3.78. The van der Waals surface area contributed by atoms with Crippen molar-refractivity contribution in [2.45, 2.75) is 0 Å². The zero-order chi connectivity index (χ0) is 31.0. The van der Waals surface area contributed by atoms with Crippen molar-refractivity contribution < 1.29 is 0 Å². The molecule has 0 saturated heterocycles. The Balaban J connectivity index is 1.35. The van der Waals surface area contributed by atoms with Gasteiger partial charge < -0.3 is 0 Å². The van der Waals surface area contributed by atoms with Crippen LogP contribution in [-0.4, -0.2) is 0 Å². The summed E-state index contributed by atoms with van der Waals surface area (Å²) in [6, 6.07) is 57.4. The molecule has 0 aliphatic carbocycles. The lowest BCUT2D eigenvalue weighted by atomic mass is 9.84. The van der Waals surface area contributed by atoms with Gasteiger partial charge in [-0.25, -0.2) is 0 Å². The fourth-order valence-corrected chi connectivity index (χ4v) is 7.00. The monoisotopic (exact) mass is 584 g/mol. The number of rotatable bonds is 6. The molecule has 0 aromatic heterocycles. The van der Waals surface area contributed by atoms with Gasteiger partial charge in [-0.2, -0.15) is 0 Å². The van der Waals surface area contributed by atoms with E-state index in [9.17, 15) is 0 Å². The van der Waals surface area contributed by atoms with Gasteiger partial charge in [-0.05, 0) is 106 Å². The molecule has 0 saturated carbocycles. The molecule has 46 heavy (non-hydrogen) atoms. The van der Waals surface area contributed by atoms with Crippen LogP contribution in [0.2, 0.25) is 0 Å². The quantitative estimate of drug-likeness (QED) is 0.171. The normalized spacial score (nSPS) is 11.2. The molecule has 0 aliphatic heterocycles. The van der Waals surface area contributed by atoms with Crippen molar-refractivity contribution in [1.29, 1.82) is 0 Å². The van der Waals surface area contributed by atoms with E-state index in [1.807, 2.05) is 12.2 Å². The van der Waals surface area contributed by atoms with Gasteiger partial charge in [-0.3, -0.25) is 0 Å². The zero-order valence-electron chi connectivity index (χ0n) is 25.6. The van der Waals surface area contributed by atoms with Crippen LogP contribution < -0.4 is 0 Å². The first kappa shape index (κ1) is 27.6. The van der Waals surface area contributed by atoms with Crippen LogP contribution in [0.3, 0.4) is 0 Å². The minimum atomic E-state index is 1.09. The molecule has 0 unspecified atom stereocenters. The fraction of sp³-hybridized carbons (Fsp3) is 0. The number of hydrogen-bond donors (Lipinski definition) is 0. The molecule has 0 heterocycles. The average molecular weight is 585 g/mol. The summed E-state index contributed by atoms with van der Waals surface area (Å²) < 4.78 is 0. The van der Waals surface area contributed by atoms with Gasteiger partial charge in [0.2, 0.25) is 0 Å². The summed E-state index contributed by atoms with van der Waals surface area (Å²) in [5, 5.41) is 7.54. The lowest BCUT2D eigenvalue weighted by Gasteiger charge is -2.19. The summed E-state index contributed by atoms with van der Waals surface area (Å²) in [4.78, 5) is 0. The van der Waals surface area contributed by atoms with Gasteiger partial charge in [0.15, 0.2) is 0 Å². The van der Waals surface area contributed by atoms with E-state index >= 15 is 0 Å². The standard InChI is InChI=1S/C46H32/c1-3-31-24-26-37(28-32(31)4-2)35-17-12-18-36(29-35)38-27-25-33-16-13-23-43(44(33)30-38)46-41-21-10-8-19-39(41)45(34-14-6-5-7-15-34)40-20-9-11-22-42(40)46/h3-30H,1-2H2. The first-order valence-electron chi connectivity index (χ1n) is 15.8. The Kier molecular flexibility index (Phi) is 6.89. The maximum Gasteiger partial charge on any atom is -0.00201 e. The minimum Gasteiger partial charge on any atom is -0.0984 e. The van der Waals surface area contributed by atoms with Crippen LogP contribution in [0.1, 0.15) is 11.1 Å². The molecular weight excluding hydrogens is 553 g/mol. The van der Waals surface area contributed by atoms with Crippen molar-refractivity contribution in [3.8, 4) is 44.5 Å². The summed E-state index contributed by atoms with van der Waals surface area (Å²) in [6.45, 7) is 7.96. The first-order chi connectivity index (χ1) is 22.7. The fourth-order valence-electron chi connectivity index (χ4n) is 7.00. The summed E-state index contributed by atoms with van der Waals surface area (Å²) in [5.74, 6) is 0. The Morgan fingerprint density at radius 1 is 0.326 bits per heavy atom. The van der Waals surface area contributed by atoms with Gasteiger partial charge >= 0.3 is 0 Å². The third kappa shape index (κ3) is 4.64. The molecule has 8 rings (SSSR count). The molecule has 0 atom stereocenters. The Hall–Kier alpha value is -5.98. The Labute approximate surface area is 270 Å². The highest BCUT2D eigenvalue weighted by atomic mass is 14.2. The minimum absolute atomic E-state index is 1.09. The highest BCUT2D eigenvalue weighted by Gasteiger charge is 2.18. The van der Waals surface area contributed by atoms with Crippen molar-refractivity contribution in [2.75, 3.05) is 0 Å². The predicted octanol–water partition coefficient (Wildman–Crippen LogP) is 13.1. The lowest BCUT2D eigenvalue weighted by Crippen LogP contribution is -1.91. The molecule has 0 aliphatic rings. The van der Waals surface area contributed by atoms with Crippen LogP contribution in [0.25, 0.3) is 89.0 Å². The molecule has 0 fully saturated rings. The van der Waals surface area contributed by atoms with E-state index in [0.29, 0.717) is 0 Å². The topological polar surface area (TPSA) is 0 Å². The van der Waals surface area contributed by atoms with Crippen LogP contribution in [0, 0.1) is 0 Å². The summed E-state index contributed by atoms with van der Waals surface area (Å²) >= 11 is 0. The SMILES string of the molecule is C=Cc1ccc(-c2cccc(-c3ccc4cccc(-c5c6ccccc6c(-c6ccccc6)c6ccccc56)c4c3)c2)cc1C=C. The Bertz CT molecular complexity index is 2390. The van der Waals surface area contributed by atoms with E-state index in [1.54, 1.807) is 0 Å². The predicted molar refractivity (Wildman–Crippen MR) is 201 cm³/mol. The third-order valence-electron chi connectivity index (χ3n) is 9.20. The molecule has 0 nitrogen and oxygen atoms in total. The maximum atomic E-state index is 4.01. The molecule has 0 amide bonds. The molecule has 0 radical (unpaired) electrons. The maximum absolute atomic E-state index is 4.01. The van der Waals surface area contributed by atoms with Crippen LogP contribution in [0.4, 0.5) is 0 Å². The number of fused-ring (bicyclic) bond motifs is 3. The highest BCUT2D eigenvalue weighted by Crippen LogP contribution is 2.45. The Morgan fingerprint density at radius 2 is 0.848 bits per heavy atom. The number of hydrogen-bond acceptors (Lipinski definition) is 0. The van der Waals surface area contributed by atoms with Crippen LogP contribution in [0.5, 0.6) is 0 Å². The van der Waals surface area contributed by atoms with E-state index in [0.717, 1.165) is 11.1 Å². The van der Waals surface area contributed by atoms with Crippen molar-refractivity contribution in [2.24, 2.45) is 0 Å². The molecule has 8 aromatic rings. The van der Waals surface area contributed by atoms with E-state index < -0.39 is 0 Å². The van der Waals surface area contributed by atoms with Crippen molar-refractivity contribution in [3.63, 3.8) is 0 Å². The number of benzene rings is 8. The van der Waals surface area contributed by atoms with Crippen LogP contribution >= 0.6 is 0 Å². The molecule has 0 spiro atoms. The van der Waals surface area contributed by atoms with Crippen LogP contribution in [-0.2, 0) is 0 Å². The molecule has 0 bridgehead atoms. The molecule has 0 N–H and O–H groups in total. The molecule has 0 heteroatoms. The smallest absolute Gasteiger partial charge is 0.00201 e. The van der Waals surface area contributed by atoms with Gasteiger partial charge in [0.25, 0.3) is 0 Å². The summed E-state index contributed by atoms with van der Waals surface area (Å²) in [5.41, 5.74) is 12.0. The van der Waals surface area contributed by atoms with Gasteiger partial charge in [0.1, 0.15) is 0 Å². The molecule has 8 aromatic carbocycles. The third-order valence-corrected chi connectivity index (χ3v) is 9.20. The van der Waals surface area contributed by atoms with Gasteiger partial charge in [0, 0.05) is 0 Å². The second kappa shape index (κ2) is 11.5. The average Bonchev–Trinajstić information content (AvgIpc) is 3.13. The lowest BCUT2D eigenvalue weighted by molar-refractivity contribution is 1.57. The zero-order valence-corrected chi connectivity index (χ0v) is 25.6. The van der Waals surface area contributed by atoms with Gasteiger partial charge in [0.05, 0.1) is 0 Å². The largest absolute Gasteiger partial charge is 0.0984 e. The van der Waals surface area contributed by atoms with Gasteiger partial charge in [-0.15, -0.1) is 0 Å². The first-order valence-corrected chi connectivity index (χ1v) is 15.8. The summed E-state index contributed by atoms with van der Waals surface area (Å²) in [7, 11) is 0. The molecular formula is C46H32. The highest BCUT2D eigenvalue weighted by molar-refractivity contribution is 6.23. The van der Waals surface area contributed by atoms with Crippen LogP contribution in [0.15, 0.2) is 171 Å².